The summed E-state index contributed by atoms with van der Waals surface area (Å²) in [6.07, 6.45) is 2.65. The fourth-order valence-corrected chi connectivity index (χ4v) is 2.16. The van der Waals surface area contributed by atoms with Crippen LogP contribution in [-0.2, 0) is 6.42 Å². The Bertz CT molecular complexity index is 554. The third-order valence-electron chi connectivity index (χ3n) is 3.54. The summed E-state index contributed by atoms with van der Waals surface area (Å²) in [6, 6.07) is 10.7. The number of halogens is 1. The van der Waals surface area contributed by atoms with Crippen LogP contribution in [0.4, 0.5) is 10.2 Å². The number of nitrogens with two attached hydrogens (primary N) is 1. The summed E-state index contributed by atoms with van der Waals surface area (Å²) in [4.78, 5) is 6.38. The number of aromatic nitrogens is 1. The van der Waals surface area contributed by atoms with E-state index in [-0.39, 0.29) is 11.9 Å². The molecule has 0 amide bonds. The Labute approximate surface area is 119 Å². The monoisotopic (exact) mass is 273 g/mol. The van der Waals surface area contributed by atoms with Gasteiger partial charge in [-0.2, -0.15) is 0 Å². The molecule has 1 aromatic carbocycles. The maximum absolute atomic E-state index is 13.8. The average molecular weight is 273 g/mol. The Kier molecular flexibility index (Phi) is 4.69. The van der Waals surface area contributed by atoms with E-state index in [0.29, 0.717) is 12.1 Å². The number of nitrogens with zero attached hydrogens (tertiary/aromatic N) is 2. The third kappa shape index (κ3) is 3.14. The molecule has 2 N–H and O–H groups in total. The predicted octanol–water partition coefficient (Wildman–Crippen LogP) is 2.92. The van der Waals surface area contributed by atoms with E-state index in [4.69, 9.17) is 5.73 Å². The zero-order valence-corrected chi connectivity index (χ0v) is 11.9. The molecule has 0 fully saturated rings. The first-order valence-corrected chi connectivity index (χ1v) is 6.75. The molecule has 20 heavy (non-hydrogen) atoms. The fourth-order valence-electron chi connectivity index (χ4n) is 2.16. The zero-order valence-electron chi connectivity index (χ0n) is 11.9. The van der Waals surface area contributed by atoms with Gasteiger partial charge in [0.1, 0.15) is 11.6 Å². The van der Waals surface area contributed by atoms with Gasteiger partial charge in [0, 0.05) is 18.8 Å². The van der Waals surface area contributed by atoms with E-state index >= 15 is 0 Å². The minimum Gasteiger partial charge on any atom is -0.353 e. The molecule has 0 aliphatic rings. The second-order valence-corrected chi connectivity index (χ2v) is 4.87. The molecule has 2 rings (SSSR count). The van der Waals surface area contributed by atoms with Crippen molar-refractivity contribution in [3.63, 3.8) is 0 Å². The molecule has 0 radical (unpaired) electrons. The minimum absolute atomic E-state index is 0.0796. The van der Waals surface area contributed by atoms with E-state index in [2.05, 4.69) is 4.98 Å². The summed E-state index contributed by atoms with van der Waals surface area (Å²) in [5.74, 6) is 0.633. The Morgan fingerprint density at radius 3 is 2.60 bits per heavy atom. The molecule has 0 bridgehead atoms. The van der Waals surface area contributed by atoms with E-state index in [1.165, 1.54) is 6.07 Å². The lowest BCUT2D eigenvalue weighted by atomic mass is 10.1. The van der Waals surface area contributed by atoms with Gasteiger partial charge in [0.05, 0.1) is 6.04 Å². The van der Waals surface area contributed by atoms with Gasteiger partial charge in [0.15, 0.2) is 0 Å². The van der Waals surface area contributed by atoms with Crippen LogP contribution in [0.25, 0.3) is 0 Å². The summed E-state index contributed by atoms with van der Waals surface area (Å²) in [5, 5.41) is 0. The quantitative estimate of drug-likeness (QED) is 0.910. The maximum Gasteiger partial charge on any atom is 0.128 e. The van der Waals surface area contributed by atoms with Crippen LogP contribution in [0.15, 0.2) is 42.6 Å². The van der Waals surface area contributed by atoms with Crippen molar-refractivity contribution in [1.29, 1.82) is 0 Å². The molecule has 0 spiro atoms. The highest BCUT2D eigenvalue weighted by atomic mass is 19.1. The van der Waals surface area contributed by atoms with Gasteiger partial charge in [-0.25, -0.2) is 9.37 Å². The molecule has 1 atom stereocenters. The van der Waals surface area contributed by atoms with Crippen molar-refractivity contribution in [1.82, 2.24) is 4.98 Å². The van der Waals surface area contributed by atoms with Crippen LogP contribution in [-0.4, -0.2) is 18.6 Å². The number of rotatable bonds is 5. The topological polar surface area (TPSA) is 42.1 Å². The maximum atomic E-state index is 13.8. The molecular formula is C16H20FN3. The highest BCUT2D eigenvalue weighted by Gasteiger charge is 2.16. The third-order valence-corrected chi connectivity index (χ3v) is 3.54. The second-order valence-electron chi connectivity index (χ2n) is 4.87. The fraction of sp³-hybridized carbons (Fsp3) is 0.312. The molecule has 0 aliphatic heterocycles. The van der Waals surface area contributed by atoms with Crippen LogP contribution in [0.5, 0.6) is 0 Å². The first-order valence-electron chi connectivity index (χ1n) is 6.75. The molecule has 0 aliphatic carbocycles. The predicted molar refractivity (Wildman–Crippen MR) is 80.2 cm³/mol. The van der Waals surface area contributed by atoms with Gasteiger partial charge in [-0.15, -0.1) is 0 Å². The van der Waals surface area contributed by atoms with E-state index in [9.17, 15) is 4.39 Å². The number of hydrogen-bond donors (Lipinski definition) is 1. The second kappa shape index (κ2) is 6.48. The van der Waals surface area contributed by atoms with Gasteiger partial charge in [-0.3, -0.25) is 0 Å². The first kappa shape index (κ1) is 14.5. The van der Waals surface area contributed by atoms with Crippen molar-refractivity contribution in [3.05, 3.63) is 59.5 Å². The summed E-state index contributed by atoms with van der Waals surface area (Å²) in [7, 11) is 1.92. The number of benzene rings is 1. The van der Waals surface area contributed by atoms with Crippen molar-refractivity contribution in [2.45, 2.75) is 19.4 Å². The molecule has 1 heterocycles. The lowest BCUT2D eigenvalue weighted by Crippen LogP contribution is -2.23. The van der Waals surface area contributed by atoms with Crippen LogP contribution < -0.4 is 10.6 Å². The molecule has 3 nitrogen and oxygen atoms in total. The van der Waals surface area contributed by atoms with E-state index < -0.39 is 0 Å². The van der Waals surface area contributed by atoms with Gasteiger partial charge in [0.25, 0.3) is 0 Å². The van der Waals surface area contributed by atoms with Crippen molar-refractivity contribution in [2.24, 2.45) is 5.73 Å². The van der Waals surface area contributed by atoms with E-state index in [0.717, 1.165) is 17.8 Å². The van der Waals surface area contributed by atoms with Crippen LogP contribution in [0, 0.1) is 5.82 Å². The lowest BCUT2D eigenvalue weighted by Gasteiger charge is -2.26. The minimum atomic E-state index is -0.188. The van der Waals surface area contributed by atoms with Gasteiger partial charge < -0.3 is 10.6 Å². The van der Waals surface area contributed by atoms with Crippen molar-refractivity contribution < 1.29 is 4.39 Å². The van der Waals surface area contributed by atoms with Crippen molar-refractivity contribution in [2.75, 3.05) is 18.5 Å². The van der Waals surface area contributed by atoms with E-state index in [1.807, 2.05) is 43.3 Å². The summed E-state index contributed by atoms with van der Waals surface area (Å²) < 4.78 is 13.8. The lowest BCUT2D eigenvalue weighted by molar-refractivity contribution is 0.584. The van der Waals surface area contributed by atoms with Crippen LogP contribution >= 0.6 is 0 Å². The van der Waals surface area contributed by atoms with Crippen LogP contribution in [0.3, 0.4) is 0 Å². The molecule has 2 aromatic rings. The molecule has 0 saturated carbocycles. The molecule has 4 heteroatoms. The largest absolute Gasteiger partial charge is 0.353 e. The van der Waals surface area contributed by atoms with Gasteiger partial charge in [-0.1, -0.05) is 24.3 Å². The zero-order chi connectivity index (χ0) is 14.5. The number of pyridine rings is 1. The van der Waals surface area contributed by atoms with Crippen molar-refractivity contribution in [3.8, 4) is 0 Å². The highest BCUT2D eigenvalue weighted by molar-refractivity contribution is 5.42. The van der Waals surface area contributed by atoms with Crippen LogP contribution in [0.1, 0.15) is 24.1 Å². The summed E-state index contributed by atoms with van der Waals surface area (Å²) in [5.41, 5.74) is 7.30. The molecule has 1 aromatic heterocycles. The first-order chi connectivity index (χ1) is 9.63. The van der Waals surface area contributed by atoms with Crippen molar-refractivity contribution >= 4 is 5.82 Å². The van der Waals surface area contributed by atoms with Gasteiger partial charge in [-0.05, 0) is 37.6 Å². The average Bonchev–Trinajstić information content (AvgIpc) is 2.47. The Hall–Kier alpha value is -1.94. The highest BCUT2D eigenvalue weighted by Crippen LogP contribution is 2.25. The van der Waals surface area contributed by atoms with Gasteiger partial charge >= 0.3 is 0 Å². The number of hydrogen-bond acceptors (Lipinski definition) is 3. The summed E-state index contributed by atoms with van der Waals surface area (Å²) >= 11 is 0. The molecule has 1 unspecified atom stereocenters. The Morgan fingerprint density at radius 1 is 1.25 bits per heavy atom. The standard InChI is InChI=1S/C16H20FN3/c1-12(14-5-3-4-6-15(14)17)20(2)16-8-7-13(9-10-18)11-19-16/h3-8,11-12H,9-10,18H2,1-2H3. The molecule has 106 valence electrons. The number of anilines is 1. The Balaban J connectivity index is 2.18. The normalized spacial score (nSPS) is 12.2. The van der Waals surface area contributed by atoms with Crippen LogP contribution in [0.2, 0.25) is 0 Å². The summed E-state index contributed by atoms with van der Waals surface area (Å²) in [6.45, 7) is 2.58. The SMILES string of the molecule is CC(c1ccccc1F)N(C)c1ccc(CCN)cn1. The molecular weight excluding hydrogens is 253 g/mol. The Morgan fingerprint density at radius 2 is 2.00 bits per heavy atom. The smallest absolute Gasteiger partial charge is 0.128 e. The molecule has 0 saturated heterocycles. The van der Waals surface area contributed by atoms with E-state index in [1.54, 1.807) is 12.1 Å². The van der Waals surface area contributed by atoms with Gasteiger partial charge in [0.2, 0.25) is 0 Å².